The lowest BCUT2D eigenvalue weighted by molar-refractivity contribution is 0.0599. The molecule has 2 aromatic rings. The van der Waals surface area contributed by atoms with Crippen LogP contribution in [0.2, 0.25) is 0 Å². The first-order chi connectivity index (χ1) is 14.5. The highest BCUT2D eigenvalue weighted by Crippen LogP contribution is 2.28. The Morgan fingerprint density at radius 3 is 2.37 bits per heavy atom. The number of hydroxylamine groups is 1. The van der Waals surface area contributed by atoms with E-state index in [1.807, 2.05) is 4.90 Å². The van der Waals surface area contributed by atoms with Gasteiger partial charge in [-0.25, -0.2) is 20.3 Å². The molecule has 0 aliphatic carbocycles. The van der Waals surface area contributed by atoms with Crippen LogP contribution in [0.1, 0.15) is 21.6 Å². The van der Waals surface area contributed by atoms with Gasteiger partial charge in [0.25, 0.3) is 0 Å². The number of carbonyl (C=O) groups excluding carboxylic acids is 1. The molecule has 1 aliphatic rings. The fraction of sp³-hybridized carbons (Fsp3) is 0.381. The van der Waals surface area contributed by atoms with Crippen molar-refractivity contribution in [2.75, 3.05) is 45.3 Å². The predicted octanol–water partition coefficient (Wildman–Crippen LogP) is 2.28. The average Bonchev–Trinajstić information content (AvgIpc) is 2.78. The highest BCUT2D eigenvalue weighted by atomic mass is 16.5. The summed E-state index contributed by atoms with van der Waals surface area (Å²) >= 11 is 0. The van der Waals surface area contributed by atoms with Crippen molar-refractivity contribution in [1.29, 1.82) is 0 Å². The molecule has 0 saturated carbocycles. The van der Waals surface area contributed by atoms with Gasteiger partial charge in [-0.15, -0.1) is 0 Å². The molecule has 1 aromatic heterocycles. The Bertz CT molecular complexity index is 922. The number of methoxy groups -OCH3 is 2. The monoisotopic (exact) mass is 413 g/mol. The van der Waals surface area contributed by atoms with Crippen molar-refractivity contribution in [2.24, 2.45) is 4.99 Å². The Morgan fingerprint density at radius 1 is 1.13 bits per heavy atom. The molecule has 30 heavy (non-hydrogen) atoms. The van der Waals surface area contributed by atoms with E-state index in [-0.39, 0.29) is 11.8 Å². The molecule has 9 heteroatoms. The molecule has 0 spiro atoms. The highest BCUT2D eigenvalue weighted by molar-refractivity contribution is 5.92. The molecule has 3 rings (SSSR count). The van der Waals surface area contributed by atoms with Crippen molar-refractivity contribution in [3.63, 3.8) is 0 Å². The summed E-state index contributed by atoms with van der Waals surface area (Å²) in [7, 11) is 2.79. The molecular weight excluding hydrogens is 386 g/mol. The van der Waals surface area contributed by atoms with Gasteiger partial charge in [0.05, 0.1) is 25.5 Å². The summed E-state index contributed by atoms with van der Waals surface area (Å²) in [5, 5.41) is 9.71. The topological polar surface area (TPSA) is 99.5 Å². The van der Waals surface area contributed by atoms with Crippen molar-refractivity contribution >= 4 is 23.3 Å². The Balaban J connectivity index is 1.80. The third kappa shape index (κ3) is 4.62. The van der Waals surface area contributed by atoms with E-state index in [0.717, 1.165) is 13.1 Å². The van der Waals surface area contributed by atoms with Crippen LogP contribution in [0.25, 0.3) is 0 Å². The van der Waals surface area contributed by atoms with Crippen molar-refractivity contribution in [2.45, 2.75) is 13.8 Å². The second-order valence-corrected chi connectivity index (χ2v) is 7.00. The summed E-state index contributed by atoms with van der Waals surface area (Å²) in [6.07, 6.45) is 0. The van der Waals surface area contributed by atoms with Gasteiger partial charge in [-0.3, -0.25) is 5.21 Å². The van der Waals surface area contributed by atoms with Gasteiger partial charge < -0.3 is 19.3 Å². The van der Waals surface area contributed by atoms with Gasteiger partial charge >= 0.3 is 5.97 Å². The molecule has 0 atom stereocenters. The summed E-state index contributed by atoms with van der Waals surface area (Å²) in [6.45, 7) is 6.63. The fourth-order valence-corrected chi connectivity index (χ4v) is 3.33. The number of ether oxygens (including phenoxy) is 2. The van der Waals surface area contributed by atoms with Gasteiger partial charge in [0.1, 0.15) is 5.69 Å². The number of piperazine rings is 1. The zero-order chi connectivity index (χ0) is 21.7. The molecule has 2 N–H and O–H groups in total. The van der Waals surface area contributed by atoms with Crippen LogP contribution in [0, 0.1) is 13.8 Å². The fourth-order valence-electron chi connectivity index (χ4n) is 3.33. The minimum Gasteiger partial charge on any atom is -0.479 e. The van der Waals surface area contributed by atoms with Crippen LogP contribution in [0.4, 0.5) is 11.4 Å². The third-order valence-electron chi connectivity index (χ3n) is 5.06. The summed E-state index contributed by atoms with van der Waals surface area (Å²) < 4.78 is 10.1. The van der Waals surface area contributed by atoms with Gasteiger partial charge in [0.2, 0.25) is 11.8 Å². The van der Waals surface area contributed by atoms with E-state index < -0.39 is 5.97 Å². The van der Waals surface area contributed by atoms with Crippen LogP contribution in [-0.4, -0.2) is 67.4 Å². The number of rotatable bonds is 4. The van der Waals surface area contributed by atoms with Crippen molar-refractivity contribution in [3.8, 4) is 5.88 Å². The number of aryl methyl sites for hydroxylation is 2. The standard InChI is InChI=1S/C21H27N5O4/c1-14-5-7-16(8-6-14)25-9-11-26(12-10-25)21(24-28)23-18-13-17(20(27)30-4)15(2)22-19(18)29-3/h5-8,13,28H,9-12H2,1-4H3,(H,23,24). The van der Waals surface area contributed by atoms with Crippen LogP contribution in [0.15, 0.2) is 35.3 Å². The molecule has 1 aromatic carbocycles. The Morgan fingerprint density at radius 2 is 1.80 bits per heavy atom. The maximum Gasteiger partial charge on any atom is 0.339 e. The predicted molar refractivity (Wildman–Crippen MR) is 114 cm³/mol. The molecule has 0 unspecified atom stereocenters. The Hall–Kier alpha value is -3.33. The molecule has 0 amide bonds. The largest absolute Gasteiger partial charge is 0.479 e. The first kappa shape index (κ1) is 21.4. The zero-order valence-electron chi connectivity index (χ0n) is 17.7. The van der Waals surface area contributed by atoms with Crippen molar-refractivity contribution < 1.29 is 19.5 Å². The minimum absolute atomic E-state index is 0.256. The Kier molecular flexibility index (Phi) is 6.73. The molecule has 2 heterocycles. The molecule has 0 bridgehead atoms. The van der Waals surface area contributed by atoms with Gasteiger partial charge in [-0.2, -0.15) is 0 Å². The first-order valence-electron chi connectivity index (χ1n) is 9.66. The average molecular weight is 413 g/mol. The highest BCUT2D eigenvalue weighted by Gasteiger charge is 2.22. The van der Waals surface area contributed by atoms with E-state index in [0.29, 0.717) is 30.0 Å². The summed E-state index contributed by atoms with van der Waals surface area (Å²) in [6, 6.07) is 9.97. The summed E-state index contributed by atoms with van der Waals surface area (Å²) in [4.78, 5) is 25.0. The normalized spacial score (nSPS) is 14.5. The van der Waals surface area contributed by atoms with Gasteiger partial charge in [0.15, 0.2) is 0 Å². The smallest absolute Gasteiger partial charge is 0.339 e. The van der Waals surface area contributed by atoms with E-state index in [2.05, 4.69) is 51.5 Å². The number of pyridine rings is 1. The lowest BCUT2D eigenvalue weighted by Gasteiger charge is -2.37. The minimum atomic E-state index is -0.510. The van der Waals surface area contributed by atoms with Gasteiger partial charge in [-0.1, -0.05) is 17.7 Å². The van der Waals surface area contributed by atoms with Crippen molar-refractivity contribution in [3.05, 3.63) is 47.2 Å². The van der Waals surface area contributed by atoms with Crippen molar-refractivity contribution in [1.82, 2.24) is 15.4 Å². The number of anilines is 1. The lowest BCUT2D eigenvalue weighted by Crippen LogP contribution is -2.52. The number of carbonyl (C=O) groups is 1. The van der Waals surface area contributed by atoms with E-state index in [4.69, 9.17) is 9.47 Å². The number of aromatic nitrogens is 1. The van der Waals surface area contributed by atoms with Crippen LogP contribution < -0.4 is 15.1 Å². The number of esters is 1. The van der Waals surface area contributed by atoms with Crippen LogP contribution >= 0.6 is 0 Å². The summed E-state index contributed by atoms with van der Waals surface area (Å²) in [5.74, 6) is 0.00819. The van der Waals surface area contributed by atoms with E-state index >= 15 is 0 Å². The molecule has 1 fully saturated rings. The number of nitrogens with one attached hydrogen (secondary N) is 1. The number of guanidine groups is 1. The van der Waals surface area contributed by atoms with Crippen LogP contribution in [0.3, 0.4) is 0 Å². The maximum atomic E-state index is 12.0. The molecule has 9 nitrogen and oxygen atoms in total. The lowest BCUT2D eigenvalue weighted by atomic mass is 10.2. The van der Waals surface area contributed by atoms with E-state index in [1.54, 1.807) is 13.0 Å². The number of benzene rings is 1. The van der Waals surface area contributed by atoms with Gasteiger partial charge in [0, 0.05) is 31.9 Å². The molecular formula is C21H27N5O4. The van der Waals surface area contributed by atoms with Crippen LogP contribution in [-0.2, 0) is 4.74 Å². The van der Waals surface area contributed by atoms with E-state index in [1.165, 1.54) is 25.5 Å². The molecule has 1 aliphatic heterocycles. The zero-order valence-corrected chi connectivity index (χ0v) is 17.7. The Labute approximate surface area is 175 Å². The number of nitrogens with zero attached hydrogens (tertiary/aromatic N) is 4. The number of hydrogen-bond donors (Lipinski definition) is 2. The number of hydrogen-bond acceptors (Lipinski definition) is 7. The third-order valence-corrected chi connectivity index (χ3v) is 5.06. The molecule has 0 radical (unpaired) electrons. The SMILES string of the molecule is COC(=O)c1cc(N=C(NO)N2CCN(c3ccc(C)cc3)CC2)c(OC)nc1C. The first-order valence-corrected chi connectivity index (χ1v) is 9.66. The second kappa shape index (κ2) is 9.45. The van der Waals surface area contributed by atoms with Gasteiger partial charge in [-0.05, 0) is 32.0 Å². The quantitative estimate of drug-likeness (QED) is 0.341. The van der Waals surface area contributed by atoms with E-state index in [9.17, 15) is 10.0 Å². The second-order valence-electron chi connectivity index (χ2n) is 7.00. The molecule has 1 saturated heterocycles. The summed E-state index contributed by atoms with van der Waals surface area (Å²) in [5.41, 5.74) is 5.65. The molecule has 160 valence electrons. The maximum absolute atomic E-state index is 12.0. The van der Waals surface area contributed by atoms with Crippen LogP contribution in [0.5, 0.6) is 5.88 Å². The number of aliphatic imine (C=N–C) groups is 1.